The third-order valence-corrected chi connectivity index (χ3v) is 9.09. The molecule has 0 amide bonds. The van der Waals surface area contributed by atoms with Gasteiger partial charge in [-0.15, -0.1) is 0 Å². The summed E-state index contributed by atoms with van der Waals surface area (Å²) in [5.74, 6) is 1.88. The van der Waals surface area contributed by atoms with E-state index < -0.39 is 0 Å². The van der Waals surface area contributed by atoms with Gasteiger partial charge in [0.2, 0.25) is 0 Å². The summed E-state index contributed by atoms with van der Waals surface area (Å²) < 4.78 is 0. The minimum atomic E-state index is 0.618. The number of rotatable bonds is 6. The lowest BCUT2D eigenvalue weighted by molar-refractivity contribution is 1.07. The zero-order valence-corrected chi connectivity index (χ0v) is 27.1. The summed E-state index contributed by atoms with van der Waals surface area (Å²) in [6.45, 7) is 0. The third kappa shape index (κ3) is 5.59. The zero-order chi connectivity index (χ0) is 33.3. The molecule has 0 aliphatic rings. The van der Waals surface area contributed by atoms with Crippen molar-refractivity contribution in [3.8, 4) is 67.7 Å². The van der Waals surface area contributed by atoms with E-state index in [9.17, 15) is 0 Å². The monoisotopic (exact) mass is 638 g/mol. The molecule has 0 spiro atoms. The van der Waals surface area contributed by atoms with Gasteiger partial charge in [-0.1, -0.05) is 158 Å². The van der Waals surface area contributed by atoms with Crippen LogP contribution in [0.5, 0.6) is 0 Å². The van der Waals surface area contributed by atoms with Crippen LogP contribution in [0.2, 0.25) is 0 Å². The lowest BCUT2D eigenvalue weighted by Gasteiger charge is -2.14. The molecule has 7 aromatic carbocycles. The Kier molecular flexibility index (Phi) is 7.45. The van der Waals surface area contributed by atoms with Gasteiger partial charge in [0, 0.05) is 27.6 Å². The molecule has 9 aromatic rings. The number of fused-ring (bicyclic) bond motifs is 3. The average molecular weight is 639 g/mol. The first-order valence-electron chi connectivity index (χ1n) is 16.7. The van der Waals surface area contributed by atoms with Gasteiger partial charge >= 0.3 is 0 Å². The summed E-state index contributed by atoms with van der Waals surface area (Å²) in [6.07, 6.45) is 0. The lowest BCUT2D eigenvalue weighted by Crippen LogP contribution is -2.00. The Labute approximate surface area is 290 Å². The maximum absolute atomic E-state index is 5.15. The van der Waals surface area contributed by atoms with E-state index in [1.54, 1.807) is 0 Å². The second kappa shape index (κ2) is 12.7. The molecule has 0 radical (unpaired) electrons. The molecular weight excluding hydrogens is 609 g/mol. The van der Waals surface area contributed by atoms with Crippen molar-refractivity contribution in [2.24, 2.45) is 0 Å². The summed E-state index contributed by atoms with van der Waals surface area (Å²) in [5, 5.41) is 3.47. The predicted molar refractivity (Wildman–Crippen MR) is 205 cm³/mol. The Bertz CT molecular complexity index is 2640. The highest BCUT2D eigenvalue weighted by molar-refractivity contribution is 6.14. The van der Waals surface area contributed by atoms with E-state index >= 15 is 0 Å². The van der Waals surface area contributed by atoms with Gasteiger partial charge in [0.25, 0.3) is 0 Å². The normalized spacial score (nSPS) is 11.2. The molecule has 0 saturated heterocycles. The van der Waals surface area contributed by atoms with Crippen LogP contribution in [0.3, 0.4) is 0 Å². The predicted octanol–water partition coefficient (Wildman–Crippen LogP) is 11.6. The van der Waals surface area contributed by atoms with E-state index in [4.69, 9.17) is 19.9 Å². The standard InChI is InChI=1S/C46H30N4/c1-4-14-31(15-5-1)35-21-12-23-37(28-35)45-48-44(34-19-8-3-9-20-34)49-46(50-45)38-24-13-22-36(29-38)40-30-42(33-17-6-2-7-18-33)47-41-27-26-32-16-10-11-25-39(32)43(40)41/h1-30H. The number of benzene rings is 7. The maximum Gasteiger partial charge on any atom is 0.164 e. The van der Waals surface area contributed by atoms with Crippen molar-refractivity contribution in [1.29, 1.82) is 0 Å². The Balaban J connectivity index is 1.24. The van der Waals surface area contributed by atoms with Crippen LogP contribution in [0, 0.1) is 0 Å². The molecule has 0 atom stereocenters. The average Bonchev–Trinajstić information content (AvgIpc) is 3.21. The molecular formula is C46H30N4. The molecule has 2 heterocycles. The van der Waals surface area contributed by atoms with E-state index in [0.717, 1.165) is 61.1 Å². The fourth-order valence-corrected chi connectivity index (χ4v) is 6.64. The van der Waals surface area contributed by atoms with Gasteiger partial charge in [0.1, 0.15) is 0 Å². The molecule has 4 heteroatoms. The first kappa shape index (κ1) is 29.4. The van der Waals surface area contributed by atoms with Crippen LogP contribution in [0.1, 0.15) is 0 Å². The van der Waals surface area contributed by atoms with Gasteiger partial charge in [-0.3, -0.25) is 0 Å². The van der Waals surface area contributed by atoms with Crippen LogP contribution in [0.4, 0.5) is 0 Å². The summed E-state index contributed by atoms with van der Waals surface area (Å²) >= 11 is 0. The van der Waals surface area contributed by atoms with Gasteiger partial charge in [-0.2, -0.15) is 0 Å². The van der Waals surface area contributed by atoms with Gasteiger partial charge in [-0.25, -0.2) is 19.9 Å². The second-order valence-electron chi connectivity index (χ2n) is 12.3. The van der Waals surface area contributed by atoms with Crippen molar-refractivity contribution < 1.29 is 0 Å². The quantitative estimate of drug-likeness (QED) is 0.170. The van der Waals surface area contributed by atoms with E-state index in [-0.39, 0.29) is 0 Å². The first-order valence-corrected chi connectivity index (χ1v) is 16.7. The second-order valence-corrected chi connectivity index (χ2v) is 12.3. The molecule has 0 saturated carbocycles. The van der Waals surface area contributed by atoms with Crippen molar-refractivity contribution in [3.05, 3.63) is 182 Å². The van der Waals surface area contributed by atoms with Gasteiger partial charge in [0.15, 0.2) is 17.5 Å². The molecule has 50 heavy (non-hydrogen) atoms. The highest BCUT2D eigenvalue weighted by atomic mass is 15.0. The fourth-order valence-electron chi connectivity index (χ4n) is 6.64. The number of nitrogens with zero attached hydrogens (tertiary/aromatic N) is 4. The first-order chi connectivity index (χ1) is 24.8. The van der Waals surface area contributed by atoms with Gasteiger partial charge < -0.3 is 0 Å². The molecule has 2 aromatic heterocycles. The molecule has 0 fully saturated rings. The Morgan fingerprint density at radius 1 is 0.300 bits per heavy atom. The van der Waals surface area contributed by atoms with E-state index in [0.29, 0.717) is 17.5 Å². The van der Waals surface area contributed by atoms with Crippen LogP contribution >= 0.6 is 0 Å². The summed E-state index contributed by atoms with van der Waals surface area (Å²) in [6, 6.07) is 62.8. The summed E-state index contributed by atoms with van der Waals surface area (Å²) in [5.41, 5.74) is 10.2. The minimum Gasteiger partial charge on any atom is -0.248 e. The highest BCUT2D eigenvalue weighted by Crippen LogP contribution is 2.38. The fraction of sp³-hybridized carbons (Fsp3) is 0. The molecule has 234 valence electrons. The van der Waals surface area contributed by atoms with Crippen molar-refractivity contribution in [1.82, 2.24) is 19.9 Å². The van der Waals surface area contributed by atoms with Crippen molar-refractivity contribution in [2.45, 2.75) is 0 Å². The molecule has 9 rings (SSSR count). The zero-order valence-electron chi connectivity index (χ0n) is 27.1. The topological polar surface area (TPSA) is 51.6 Å². The summed E-state index contributed by atoms with van der Waals surface area (Å²) in [4.78, 5) is 20.3. The molecule has 0 aliphatic heterocycles. The van der Waals surface area contributed by atoms with Crippen LogP contribution in [-0.2, 0) is 0 Å². The Hall–Kier alpha value is -6.78. The highest BCUT2D eigenvalue weighted by Gasteiger charge is 2.16. The van der Waals surface area contributed by atoms with Crippen molar-refractivity contribution in [3.63, 3.8) is 0 Å². The Morgan fingerprint density at radius 3 is 1.48 bits per heavy atom. The molecule has 4 nitrogen and oxygen atoms in total. The molecule has 0 bridgehead atoms. The SMILES string of the molecule is c1ccc(-c2cccc(-c3nc(-c4ccccc4)nc(-c4cccc(-c5cc(-c6ccccc6)nc6ccc7ccccc7c56)c4)n3)c2)cc1. The smallest absolute Gasteiger partial charge is 0.164 e. The number of hydrogen-bond acceptors (Lipinski definition) is 4. The number of hydrogen-bond donors (Lipinski definition) is 0. The van der Waals surface area contributed by atoms with Crippen molar-refractivity contribution in [2.75, 3.05) is 0 Å². The largest absolute Gasteiger partial charge is 0.248 e. The molecule has 0 unspecified atom stereocenters. The lowest BCUT2D eigenvalue weighted by atomic mass is 9.93. The van der Waals surface area contributed by atoms with Crippen LogP contribution in [0.15, 0.2) is 182 Å². The van der Waals surface area contributed by atoms with Crippen LogP contribution in [-0.4, -0.2) is 19.9 Å². The summed E-state index contributed by atoms with van der Waals surface area (Å²) in [7, 11) is 0. The van der Waals surface area contributed by atoms with E-state index in [1.807, 2.05) is 42.5 Å². The Morgan fingerprint density at radius 2 is 0.800 bits per heavy atom. The molecule has 0 aliphatic carbocycles. The van der Waals surface area contributed by atoms with E-state index in [2.05, 4.69) is 140 Å². The van der Waals surface area contributed by atoms with Crippen molar-refractivity contribution >= 4 is 21.7 Å². The minimum absolute atomic E-state index is 0.618. The van der Waals surface area contributed by atoms with Crippen LogP contribution in [0.25, 0.3) is 89.4 Å². The maximum atomic E-state index is 5.15. The van der Waals surface area contributed by atoms with Crippen LogP contribution < -0.4 is 0 Å². The number of pyridine rings is 1. The van der Waals surface area contributed by atoms with E-state index in [1.165, 1.54) is 10.8 Å². The third-order valence-electron chi connectivity index (χ3n) is 9.09. The van der Waals surface area contributed by atoms with Gasteiger partial charge in [-0.05, 0) is 57.3 Å². The van der Waals surface area contributed by atoms with Gasteiger partial charge in [0.05, 0.1) is 11.2 Å². The molecule has 0 N–H and O–H groups in total. The number of aromatic nitrogens is 4.